The Bertz CT molecular complexity index is 631. The van der Waals surface area contributed by atoms with Crippen molar-refractivity contribution in [2.24, 2.45) is 0 Å². The van der Waals surface area contributed by atoms with Crippen molar-refractivity contribution in [3.63, 3.8) is 0 Å². The zero-order valence-corrected chi connectivity index (χ0v) is 28.2. The second kappa shape index (κ2) is 28.9. The molecular formula is C38H72O4. The Morgan fingerprint density at radius 1 is 0.548 bits per heavy atom. The van der Waals surface area contributed by atoms with E-state index in [1.165, 1.54) is 154 Å². The van der Waals surface area contributed by atoms with Crippen LogP contribution in [0.4, 0.5) is 0 Å². The number of aliphatic hydroxyl groups excluding tert-OH is 2. The third kappa shape index (κ3) is 23.6. The largest absolute Gasteiger partial charge is 0.455 e. The van der Waals surface area contributed by atoms with E-state index in [2.05, 4.69) is 6.92 Å². The maximum Gasteiger partial charge on any atom is 0.334 e. The molecule has 3 atom stereocenters. The van der Waals surface area contributed by atoms with Crippen LogP contribution in [0.15, 0.2) is 11.6 Å². The summed E-state index contributed by atoms with van der Waals surface area (Å²) in [6.07, 6.45) is 38.6. The van der Waals surface area contributed by atoms with Crippen LogP contribution in [0.3, 0.4) is 0 Å². The van der Waals surface area contributed by atoms with E-state index >= 15 is 0 Å². The quantitative estimate of drug-likeness (QED) is 0.0602. The Labute approximate surface area is 261 Å². The zero-order valence-electron chi connectivity index (χ0n) is 28.2. The van der Waals surface area contributed by atoms with E-state index in [0.717, 1.165) is 44.1 Å². The number of unbranched alkanes of at least 4 members (excludes halogenated alkanes) is 25. The van der Waals surface area contributed by atoms with E-state index in [0.29, 0.717) is 0 Å². The van der Waals surface area contributed by atoms with Gasteiger partial charge in [-0.1, -0.05) is 174 Å². The van der Waals surface area contributed by atoms with E-state index in [9.17, 15) is 15.0 Å². The number of ether oxygens (including phenoxy) is 1. The number of cyclic esters (lactones) is 1. The molecule has 1 rings (SSSR count). The molecule has 1 aliphatic heterocycles. The fourth-order valence-corrected chi connectivity index (χ4v) is 6.36. The smallest absolute Gasteiger partial charge is 0.334 e. The van der Waals surface area contributed by atoms with Crippen LogP contribution >= 0.6 is 0 Å². The molecule has 0 aromatic rings. The monoisotopic (exact) mass is 593 g/mol. The van der Waals surface area contributed by atoms with Crippen molar-refractivity contribution < 1.29 is 19.7 Å². The van der Waals surface area contributed by atoms with Gasteiger partial charge in [-0.05, 0) is 38.7 Å². The molecule has 4 heteroatoms. The van der Waals surface area contributed by atoms with Gasteiger partial charge in [0.15, 0.2) is 0 Å². The summed E-state index contributed by atoms with van der Waals surface area (Å²) < 4.78 is 5.15. The van der Waals surface area contributed by atoms with E-state index < -0.39 is 12.2 Å². The second-order valence-corrected chi connectivity index (χ2v) is 13.5. The highest BCUT2D eigenvalue weighted by Gasteiger charge is 2.21. The van der Waals surface area contributed by atoms with Crippen LogP contribution in [-0.2, 0) is 9.53 Å². The Morgan fingerprint density at radius 3 is 1.17 bits per heavy atom. The number of carbonyl (C=O) groups excluding carboxylic acids is 1. The molecule has 0 amide bonds. The molecule has 2 N–H and O–H groups in total. The van der Waals surface area contributed by atoms with E-state index in [4.69, 9.17) is 4.74 Å². The fraction of sp³-hybridized carbons (Fsp3) is 0.921. The molecule has 0 aliphatic carbocycles. The van der Waals surface area contributed by atoms with Gasteiger partial charge in [-0.15, -0.1) is 0 Å². The van der Waals surface area contributed by atoms with Gasteiger partial charge in [-0.3, -0.25) is 0 Å². The molecule has 0 aromatic carbocycles. The minimum atomic E-state index is -0.525. The lowest BCUT2D eigenvalue weighted by Crippen LogP contribution is -2.25. The van der Waals surface area contributed by atoms with Crippen molar-refractivity contribution in [1.82, 2.24) is 0 Å². The summed E-state index contributed by atoms with van der Waals surface area (Å²) in [6, 6.07) is 0. The fourth-order valence-electron chi connectivity index (χ4n) is 6.36. The van der Waals surface area contributed by atoms with Crippen LogP contribution < -0.4 is 0 Å². The van der Waals surface area contributed by atoms with Crippen LogP contribution in [0.5, 0.6) is 0 Å². The molecule has 0 bridgehead atoms. The molecular weight excluding hydrogens is 520 g/mol. The van der Waals surface area contributed by atoms with Gasteiger partial charge in [0.05, 0.1) is 12.2 Å². The topological polar surface area (TPSA) is 66.8 Å². The zero-order chi connectivity index (χ0) is 30.5. The first-order valence-corrected chi connectivity index (χ1v) is 18.8. The lowest BCUT2D eigenvalue weighted by molar-refractivity contribution is -0.139. The standard InChI is InChI=1S/C38H72O4/c1-3-4-5-6-7-18-22-25-28-31-36(39)37(40)32-29-26-23-20-17-15-13-11-9-8-10-12-14-16-19-21-24-27-30-35-33-34(2)42-38(35)41/h33-34,36-37,39-40H,3-32H2,1-2H3/t34?,36-,37-/m1/s1. The molecule has 248 valence electrons. The molecule has 1 unspecified atom stereocenters. The predicted molar refractivity (Wildman–Crippen MR) is 180 cm³/mol. The Balaban J connectivity index is 1.73. The molecule has 0 aromatic heterocycles. The predicted octanol–water partition coefficient (Wildman–Crippen LogP) is 11.3. The molecule has 0 saturated heterocycles. The van der Waals surface area contributed by atoms with Crippen molar-refractivity contribution in [2.45, 2.75) is 225 Å². The summed E-state index contributed by atoms with van der Waals surface area (Å²) in [4.78, 5) is 11.6. The van der Waals surface area contributed by atoms with Crippen molar-refractivity contribution in [2.75, 3.05) is 0 Å². The third-order valence-electron chi connectivity index (χ3n) is 9.23. The highest BCUT2D eigenvalue weighted by molar-refractivity contribution is 5.90. The summed E-state index contributed by atoms with van der Waals surface area (Å²) in [5, 5.41) is 20.5. The summed E-state index contributed by atoms with van der Waals surface area (Å²) in [7, 11) is 0. The van der Waals surface area contributed by atoms with E-state index in [1.807, 2.05) is 13.0 Å². The number of esters is 1. The SMILES string of the molecule is CCCCCCCCCCC[C@@H](O)[C@H](O)CCCCCCCCCCCCCCCCCCCCC1=CC(C)OC1=O. The van der Waals surface area contributed by atoms with Crippen molar-refractivity contribution in [3.8, 4) is 0 Å². The van der Waals surface area contributed by atoms with Crippen LogP contribution in [0, 0.1) is 0 Å². The van der Waals surface area contributed by atoms with Crippen molar-refractivity contribution in [3.05, 3.63) is 11.6 Å². The first-order chi connectivity index (χ1) is 20.5. The average Bonchev–Trinajstić information content (AvgIpc) is 3.31. The summed E-state index contributed by atoms with van der Waals surface area (Å²) in [5.74, 6) is -0.0990. The second-order valence-electron chi connectivity index (χ2n) is 13.5. The first kappa shape index (κ1) is 39.2. The van der Waals surface area contributed by atoms with Crippen molar-refractivity contribution >= 4 is 5.97 Å². The van der Waals surface area contributed by atoms with Gasteiger partial charge in [0.1, 0.15) is 6.10 Å². The van der Waals surface area contributed by atoms with Crippen LogP contribution in [0.2, 0.25) is 0 Å². The molecule has 1 heterocycles. The van der Waals surface area contributed by atoms with Gasteiger partial charge in [0, 0.05) is 5.57 Å². The lowest BCUT2D eigenvalue weighted by Gasteiger charge is -2.17. The molecule has 0 spiro atoms. The Kier molecular flexibility index (Phi) is 26.9. The summed E-state index contributed by atoms with van der Waals surface area (Å²) in [6.45, 7) is 4.19. The maximum atomic E-state index is 11.6. The van der Waals surface area contributed by atoms with Gasteiger partial charge < -0.3 is 14.9 Å². The molecule has 1 aliphatic rings. The molecule has 0 fully saturated rings. The molecule has 42 heavy (non-hydrogen) atoms. The van der Waals surface area contributed by atoms with Gasteiger partial charge in [0.25, 0.3) is 0 Å². The van der Waals surface area contributed by atoms with Gasteiger partial charge in [-0.25, -0.2) is 4.79 Å². The minimum absolute atomic E-state index is 0.0268. The third-order valence-corrected chi connectivity index (χ3v) is 9.23. The number of aliphatic hydroxyl groups is 2. The maximum absolute atomic E-state index is 11.6. The first-order valence-electron chi connectivity index (χ1n) is 18.8. The molecule has 4 nitrogen and oxygen atoms in total. The highest BCUT2D eigenvalue weighted by atomic mass is 16.5. The normalized spacial score (nSPS) is 16.5. The van der Waals surface area contributed by atoms with E-state index in [-0.39, 0.29) is 12.1 Å². The average molecular weight is 593 g/mol. The Hall–Kier alpha value is -0.870. The van der Waals surface area contributed by atoms with Gasteiger partial charge in [0.2, 0.25) is 0 Å². The van der Waals surface area contributed by atoms with Crippen LogP contribution in [0.25, 0.3) is 0 Å². The number of carbonyl (C=O) groups is 1. The number of hydrogen-bond donors (Lipinski definition) is 2. The summed E-state index contributed by atoms with van der Waals surface area (Å²) in [5.41, 5.74) is 0.890. The Morgan fingerprint density at radius 2 is 0.857 bits per heavy atom. The van der Waals surface area contributed by atoms with Crippen LogP contribution in [-0.4, -0.2) is 34.5 Å². The minimum Gasteiger partial charge on any atom is -0.455 e. The number of hydrogen-bond acceptors (Lipinski definition) is 4. The highest BCUT2D eigenvalue weighted by Crippen LogP contribution is 2.21. The molecule has 0 saturated carbocycles. The van der Waals surface area contributed by atoms with Gasteiger partial charge >= 0.3 is 5.97 Å². The van der Waals surface area contributed by atoms with Gasteiger partial charge in [-0.2, -0.15) is 0 Å². The summed E-state index contributed by atoms with van der Waals surface area (Å²) >= 11 is 0. The van der Waals surface area contributed by atoms with Crippen LogP contribution in [0.1, 0.15) is 206 Å². The lowest BCUT2D eigenvalue weighted by atomic mass is 9.99. The molecule has 0 radical (unpaired) electrons. The van der Waals surface area contributed by atoms with E-state index in [1.54, 1.807) is 0 Å². The van der Waals surface area contributed by atoms with Crippen molar-refractivity contribution in [1.29, 1.82) is 0 Å². The number of rotatable bonds is 32.